The van der Waals surface area contributed by atoms with Crippen molar-refractivity contribution in [3.05, 3.63) is 28.2 Å². The number of carbonyl (C=O) groups excluding carboxylic acids is 2. The fourth-order valence-electron chi connectivity index (χ4n) is 1.98. The molecule has 0 bridgehead atoms. The number of hydrogen-bond acceptors (Lipinski definition) is 9. The van der Waals surface area contributed by atoms with Crippen LogP contribution in [0.25, 0.3) is 0 Å². The molecule has 27 heavy (non-hydrogen) atoms. The number of thioether (sulfide) groups is 1. The van der Waals surface area contributed by atoms with Gasteiger partial charge in [0.15, 0.2) is 5.12 Å². The van der Waals surface area contributed by atoms with E-state index in [9.17, 15) is 9.59 Å². The average Bonchev–Trinajstić information content (AvgIpc) is 2.59. The van der Waals surface area contributed by atoms with Crippen LogP contribution in [0.2, 0.25) is 0 Å². The second-order valence-electron chi connectivity index (χ2n) is 5.98. The first-order valence-corrected chi connectivity index (χ1v) is 10.2. The highest BCUT2D eigenvalue weighted by molar-refractivity contribution is 8.17. The quantitative estimate of drug-likeness (QED) is 0.386. The third-order valence-corrected chi connectivity index (χ3v) is 5.38. The number of hydrogen-bond donors (Lipinski definition) is 3. The van der Waals surface area contributed by atoms with Gasteiger partial charge in [0.1, 0.15) is 11.6 Å². The maximum Gasteiger partial charge on any atom is 0.327 e. The van der Waals surface area contributed by atoms with Crippen LogP contribution in [0.5, 0.6) is 0 Å². The molecule has 1 aromatic heterocycles. The summed E-state index contributed by atoms with van der Waals surface area (Å²) in [6, 6.07) is 0. The van der Waals surface area contributed by atoms with Crippen LogP contribution in [0.15, 0.2) is 16.8 Å². The highest BCUT2D eigenvalue weighted by Gasteiger charge is 2.18. The van der Waals surface area contributed by atoms with Crippen molar-refractivity contribution in [2.45, 2.75) is 40.7 Å². The maximum atomic E-state index is 12.2. The lowest BCUT2D eigenvalue weighted by molar-refractivity contribution is -0.117. The topological polar surface area (TPSA) is 139 Å². The van der Waals surface area contributed by atoms with Crippen LogP contribution in [0.4, 0.5) is 5.82 Å². The van der Waals surface area contributed by atoms with E-state index in [2.05, 4.69) is 9.97 Å². The molecule has 0 aromatic carbocycles. The van der Waals surface area contributed by atoms with Crippen LogP contribution in [0.1, 0.15) is 38.6 Å². The molecule has 1 heterocycles. The van der Waals surface area contributed by atoms with Gasteiger partial charge >= 0.3 is 8.60 Å². The molecule has 0 aliphatic carbocycles. The van der Waals surface area contributed by atoms with Gasteiger partial charge < -0.3 is 24.9 Å². The zero-order valence-corrected chi connectivity index (χ0v) is 17.5. The van der Waals surface area contributed by atoms with Crippen molar-refractivity contribution in [1.82, 2.24) is 14.9 Å². The molecule has 0 saturated carbocycles. The second kappa shape index (κ2) is 11.3. The Morgan fingerprint density at radius 2 is 2.15 bits per heavy atom. The van der Waals surface area contributed by atoms with E-state index in [0.29, 0.717) is 28.4 Å². The third kappa shape index (κ3) is 7.90. The molecular formula is C16H25N4O5PS. The zero-order chi connectivity index (χ0) is 20.6. The van der Waals surface area contributed by atoms with Crippen molar-refractivity contribution >= 4 is 37.7 Å². The summed E-state index contributed by atoms with van der Waals surface area (Å²) in [4.78, 5) is 51.8. The van der Waals surface area contributed by atoms with Crippen LogP contribution in [0, 0.1) is 12.8 Å². The Morgan fingerprint density at radius 1 is 1.48 bits per heavy atom. The summed E-state index contributed by atoms with van der Waals surface area (Å²) < 4.78 is 4.80. The molecule has 0 fully saturated rings. The minimum absolute atomic E-state index is 0.00618. The Balaban J connectivity index is 3.08. The van der Waals surface area contributed by atoms with Gasteiger partial charge in [-0.25, -0.2) is 9.97 Å². The van der Waals surface area contributed by atoms with Gasteiger partial charge in [0.2, 0.25) is 6.41 Å². The van der Waals surface area contributed by atoms with Gasteiger partial charge in [-0.1, -0.05) is 25.6 Å². The molecule has 0 radical (unpaired) electrons. The molecule has 0 saturated heterocycles. The summed E-state index contributed by atoms with van der Waals surface area (Å²) in [6.45, 7) is 7.13. The van der Waals surface area contributed by atoms with E-state index in [1.165, 1.54) is 4.90 Å². The number of nitrogens with zero attached hydrogens (tertiary/aromatic N) is 3. The molecule has 0 spiro atoms. The van der Waals surface area contributed by atoms with Crippen LogP contribution >= 0.6 is 20.4 Å². The Labute approximate surface area is 164 Å². The molecule has 150 valence electrons. The van der Waals surface area contributed by atoms with Crippen LogP contribution in [-0.2, 0) is 20.7 Å². The van der Waals surface area contributed by atoms with E-state index in [0.717, 1.165) is 11.8 Å². The molecule has 1 aromatic rings. The molecule has 0 aliphatic heterocycles. The number of aryl methyl sites for hydroxylation is 1. The number of allylic oxidation sites excluding steroid dienone is 1. The fourth-order valence-corrected chi connectivity index (χ4v) is 3.16. The first-order chi connectivity index (χ1) is 12.6. The molecule has 0 unspecified atom stereocenters. The first-order valence-electron chi connectivity index (χ1n) is 8.17. The van der Waals surface area contributed by atoms with Crippen LogP contribution < -0.4 is 5.73 Å². The van der Waals surface area contributed by atoms with Gasteiger partial charge in [0.05, 0.1) is 13.2 Å². The standard InChI is InChI=1S/C16H25N4O5PS/c1-10(2)16(22)27-14(5-6-25-26(23)24)11(3)20(9-21)8-13-7-18-12(4)19-15(13)17/h7,9-10,23-24H,5-6,8H2,1-4H3,(H2,17,18,19)/b14-11-. The first kappa shape index (κ1) is 23.5. The predicted octanol–water partition coefficient (Wildman–Crippen LogP) is 2.09. The molecule has 1 rings (SSSR count). The Bertz CT molecular complexity index is 699. The number of carbonyl (C=O) groups is 2. The van der Waals surface area contributed by atoms with E-state index in [4.69, 9.17) is 20.0 Å². The molecule has 4 N–H and O–H groups in total. The van der Waals surface area contributed by atoms with Crippen molar-refractivity contribution < 1.29 is 23.9 Å². The highest BCUT2D eigenvalue weighted by Crippen LogP contribution is 2.31. The van der Waals surface area contributed by atoms with Gasteiger partial charge in [-0.3, -0.25) is 9.59 Å². The summed E-state index contributed by atoms with van der Waals surface area (Å²) in [6.07, 6.45) is 2.45. The lowest BCUT2D eigenvalue weighted by Crippen LogP contribution is -2.22. The molecule has 0 aliphatic rings. The molecular weight excluding hydrogens is 391 g/mol. The minimum atomic E-state index is -2.48. The largest absolute Gasteiger partial charge is 0.383 e. The van der Waals surface area contributed by atoms with Gasteiger partial charge in [0, 0.05) is 34.7 Å². The zero-order valence-electron chi connectivity index (χ0n) is 15.7. The van der Waals surface area contributed by atoms with Crippen molar-refractivity contribution in [2.75, 3.05) is 12.3 Å². The SMILES string of the molecule is C/C(=C(\CCOP(O)O)SC(=O)C(C)C)N(C=O)Cc1cnc(C)nc1N. The Morgan fingerprint density at radius 3 is 2.67 bits per heavy atom. The lowest BCUT2D eigenvalue weighted by atomic mass is 10.2. The smallest absolute Gasteiger partial charge is 0.327 e. The Hall–Kier alpha value is -1.58. The van der Waals surface area contributed by atoms with Gasteiger partial charge in [0.25, 0.3) is 0 Å². The van der Waals surface area contributed by atoms with Crippen LogP contribution in [-0.4, -0.2) is 42.8 Å². The molecule has 1 amide bonds. The molecule has 9 nitrogen and oxygen atoms in total. The second-order valence-corrected chi connectivity index (χ2v) is 7.84. The summed E-state index contributed by atoms with van der Waals surface area (Å²) in [5.41, 5.74) is 7.02. The van der Waals surface area contributed by atoms with E-state index in [-0.39, 0.29) is 36.4 Å². The van der Waals surface area contributed by atoms with Crippen LogP contribution in [0.3, 0.4) is 0 Å². The van der Waals surface area contributed by atoms with Crippen molar-refractivity contribution in [1.29, 1.82) is 0 Å². The van der Waals surface area contributed by atoms with Gasteiger partial charge in [-0.05, 0) is 13.8 Å². The molecule has 11 heteroatoms. The summed E-state index contributed by atoms with van der Waals surface area (Å²) in [5, 5.41) is -0.0661. The minimum Gasteiger partial charge on any atom is -0.383 e. The van der Waals surface area contributed by atoms with Gasteiger partial charge in [-0.15, -0.1) is 0 Å². The normalized spacial score (nSPS) is 12.3. The maximum absolute atomic E-state index is 12.2. The van der Waals surface area contributed by atoms with E-state index < -0.39 is 8.60 Å². The number of amides is 1. The Kier molecular flexibility index (Phi) is 9.82. The fraction of sp³-hybridized carbons (Fsp3) is 0.500. The van der Waals surface area contributed by atoms with Crippen molar-refractivity contribution in [2.24, 2.45) is 5.92 Å². The highest BCUT2D eigenvalue weighted by atomic mass is 32.2. The predicted molar refractivity (Wildman–Crippen MR) is 105 cm³/mol. The lowest BCUT2D eigenvalue weighted by Gasteiger charge is -2.22. The third-order valence-electron chi connectivity index (χ3n) is 3.55. The summed E-state index contributed by atoms with van der Waals surface area (Å²) in [7, 11) is -2.48. The number of anilines is 1. The number of aromatic nitrogens is 2. The molecule has 0 atom stereocenters. The van der Waals surface area contributed by atoms with E-state index in [1.54, 1.807) is 33.9 Å². The average molecular weight is 416 g/mol. The van der Waals surface area contributed by atoms with E-state index in [1.807, 2.05) is 0 Å². The van der Waals surface area contributed by atoms with Crippen molar-refractivity contribution in [3.8, 4) is 0 Å². The summed E-state index contributed by atoms with van der Waals surface area (Å²) in [5.74, 6) is 0.614. The number of nitrogen functional groups attached to an aromatic ring is 1. The monoisotopic (exact) mass is 416 g/mol. The van der Waals surface area contributed by atoms with E-state index >= 15 is 0 Å². The van der Waals surface area contributed by atoms with Gasteiger partial charge in [-0.2, -0.15) is 0 Å². The number of nitrogens with two attached hydrogens (primary N) is 1. The number of rotatable bonds is 10. The summed E-state index contributed by atoms with van der Waals surface area (Å²) >= 11 is 1.02. The van der Waals surface area contributed by atoms with Crippen molar-refractivity contribution in [3.63, 3.8) is 0 Å².